The molecule has 0 aliphatic rings. The van der Waals surface area contributed by atoms with Gasteiger partial charge in [-0.05, 0) is 38.7 Å². The first kappa shape index (κ1) is 12.9. The number of hydrogen-bond donors (Lipinski definition) is 0. The van der Waals surface area contributed by atoms with Gasteiger partial charge in [0.25, 0.3) is 0 Å². The Kier molecular flexibility index (Phi) is 3.07. The number of rotatable bonds is 2. The largest absolute Gasteiger partial charge is 0.422 e. The van der Waals surface area contributed by atoms with Crippen molar-refractivity contribution in [1.82, 2.24) is 4.90 Å². The van der Waals surface area contributed by atoms with Crippen molar-refractivity contribution in [3.63, 3.8) is 0 Å². The Balaban J connectivity index is 2.50. The highest BCUT2D eigenvalue weighted by Crippen LogP contribution is 2.31. The number of hydrogen-bond acceptors (Lipinski definition) is 3. The van der Waals surface area contributed by atoms with Crippen LogP contribution in [0.1, 0.15) is 18.5 Å². The monoisotopic (exact) mass is 267 g/mol. The van der Waals surface area contributed by atoms with Gasteiger partial charge in [0.15, 0.2) is 0 Å². The number of nitrogens with zero attached hydrogens (tertiary/aromatic N) is 1. The lowest BCUT2D eigenvalue weighted by Gasteiger charge is -2.22. The van der Waals surface area contributed by atoms with Crippen LogP contribution in [0, 0.1) is 0 Å². The predicted molar refractivity (Wildman–Crippen MR) is 82.1 cm³/mol. The van der Waals surface area contributed by atoms with Gasteiger partial charge in [0.1, 0.15) is 5.58 Å². The van der Waals surface area contributed by atoms with Gasteiger partial charge >= 0.3 is 5.63 Å². The molecule has 3 aromatic rings. The van der Waals surface area contributed by atoms with Crippen molar-refractivity contribution in [2.75, 3.05) is 14.1 Å². The lowest BCUT2D eigenvalue weighted by Crippen LogP contribution is -2.17. The quantitative estimate of drug-likeness (QED) is 0.525. The van der Waals surface area contributed by atoms with Crippen molar-refractivity contribution in [2.45, 2.75) is 13.0 Å². The van der Waals surface area contributed by atoms with E-state index in [1.807, 2.05) is 50.5 Å². The van der Waals surface area contributed by atoms with E-state index in [9.17, 15) is 4.79 Å². The SMILES string of the molecule is CC(c1cccc2oc(=O)c3ccccc3c12)N(C)C. The molecule has 1 heterocycles. The second-order valence-electron chi connectivity index (χ2n) is 5.30. The average Bonchev–Trinajstić information content (AvgIpc) is 2.46. The van der Waals surface area contributed by atoms with Crippen molar-refractivity contribution in [3.05, 3.63) is 58.4 Å². The van der Waals surface area contributed by atoms with E-state index in [0.717, 1.165) is 10.8 Å². The molecule has 3 heteroatoms. The van der Waals surface area contributed by atoms with Crippen LogP contribution in [0.15, 0.2) is 51.7 Å². The molecule has 0 fully saturated rings. The maximum Gasteiger partial charge on any atom is 0.344 e. The zero-order valence-corrected chi connectivity index (χ0v) is 11.9. The summed E-state index contributed by atoms with van der Waals surface area (Å²) in [6, 6.07) is 13.8. The minimum atomic E-state index is -0.275. The van der Waals surface area contributed by atoms with E-state index < -0.39 is 0 Å². The Labute approximate surface area is 117 Å². The van der Waals surface area contributed by atoms with Gasteiger partial charge in [-0.2, -0.15) is 0 Å². The van der Waals surface area contributed by atoms with Gasteiger partial charge in [-0.25, -0.2) is 4.79 Å². The van der Waals surface area contributed by atoms with Gasteiger partial charge in [-0.3, -0.25) is 0 Å². The van der Waals surface area contributed by atoms with E-state index in [1.54, 1.807) is 0 Å². The van der Waals surface area contributed by atoms with Crippen LogP contribution >= 0.6 is 0 Å². The summed E-state index contributed by atoms with van der Waals surface area (Å²) in [6.07, 6.45) is 0. The lowest BCUT2D eigenvalue weighted by molar-refractivity contribution is 0.323. The molecule has 3 rings (SSSR count). The average molecular weight is 267 g/mol. The van der Waals surface area contributed by atoms with Crippen LogP contribution < -0.4 is 5.63 Å². The summed E-state index contributed by atoms with van der Waals surface area (Å²) in [4.78, 5) is 14.2. The van der Waals surface area contributed by atoms with E-state index in [1.165, 1.54) is 5.56 Å². The first-order valence-corrected chi connectivity index (χ1v) is 6.70. The van der Waals surface area contributed by atoms with Crippen LogP contribution in [0.4, 0.5) is 0 Å². The van der Waals surface area contributed by atoms with Crippen molar-refractivity contribution in [1.29, 1.82) is 0 Å². The minimum Gasteiger partial charge on any atom is -0.422 e. The van der Waals surface area contributed by atoms with E-state index in [0.29, 0.717) is 11.0 Å². The molecule has 0 saturated heterocycles. The molecule has 1 aromatic heterocycles. The standard InChI is InChI=1S/C17H17NO2/c1-11(18(2)3)12-9-6-10-15-16(12)13-7-4-5-8-14(13)17(19)20-15/h4-11H,1-3H3. The first-order chi connectivity index (χ1) is 9.59. The summed E-state index contributed by atoms with van der Waals surface area (Å²) in [5.41, 5.74) is 1.55. The molecule has 0 bridgehead atoms. The Morgan fingerprint density at radius 2 is 1.70 bits per heavy atom. The Morgan fingerprint density at radius 1 is 1.00 bits per heavy atom. The maximum atomic E-state index is 12.0. The summed E-state index contributed by atoms with van der Waals surface area (Å²) in [5.74, 6) is 0. The molecule has 102 valence electrons. The van der Waals surface area contributed by atoms with E-state index in [4.69, 9.17) is 4.42 Å². The van der Waals surface area contributed by atoms with Crippen molar-refractivity contribution in [3.8, 4) is 0 Å². The summed E-state index contributed by atoms with van der Waals surface area (Å²) in [5, 5.41) is 2.63. The van der Waals surface area contributed by atoms with Crippen LogP contribution in [-0.4, -0.2) is 19.0 Å². The zero-order valence-electron chi connectivity index (χ0n) is 11.9. The summed E-state index contributed by atoms with van der Waals surface area (Å²) >= 11 is 0. The van der Waals surface area contributed by atoms with Crippen LogP contribution in [0.3, 0.4) is 0 Å². The highest BCUT2D eigenvalue weighted by Gasteiger charge is 2.15. The highest BCUT2D eigenvalue weighted by molar-refractivity contribution is 6.06. The van der Waals surface area contributed by atoms with Gasteiger partial charge in [0, 0.05) is 16.8 Å². The fourth-order valence-corrected chi connectivity index (χ4v) is 2.58. The summed E-state index contributed by atoms with van der Waals surface area (Å²) < 4.78 is 5.47. The molecule has 3 nitrogen and oxygen atoms in total. The van der Waals surface area contributed by atoms with Crippen LogP contribution in [-0.2, 0) is 0 Å². The molecular weight excluding hydrogens is 250 g/mol. The lowest BCUT2D eigenvalue weighted by atomic mass is 9.98. The van der Waals surface area contributed by atoms with E-state index in [-0.39, 0.29) is 11.7 Å². The summed E-state index contributed by atoms with van der Waals surface area (Å²) in [7, 11) is 4.09. The van der Waals surface area contributed by atoms with Gasteiger partial charge in [-0.1, -0.05) is 30.3 Å². The number of benzene rings is 2. The molecule has 20 heavy (non-hydrogen) atoms. The second kappa shape index (κ2) is 4.76. The molecule has 0 aliphatic carbocycles. The highest BCUT2D eigenvalue weighted by atomic mass is 16.4. The minimum absolute atomic E-state index is 0.245. The molecule has 0 aliphatic heterocycles. The van der Waals surface area contributed by atoms with Crippen LogP contribution in [0.25, 0.3) is 21.7 Å². The normalized spacial score (nSPS) is 13.2. The molecular formula is C17H17NO2. The van der Waals surface area contributed by atoms with Crippen molar-refractivity contribution >= 4 is 21.7 Å². The topological polar surface area (TPSA) is 33.5 Å². The third kappa shape index (κ3) is 1.91. The van der Waals surface area contributed by atoms with Crippen LogP contribution in [0.5, 0.6) is 0 Å². The molecule has 0 saturated carbocycles. The first-order valence-electron chi connectivity index (χ1n) is 6.70. The summed E-state index contributed by atoms with van der Waals surface area (Å²) in [6.45, 7) is 2.15. The zero-order chi connectivity index (χ0) is 14.3. The van der Waals surface area contributed by atoms with Gasteiger partial charge in [0.05, 0.1) is 5.39 Å². The van der Waals surface area contributed by atoms with Gasteiger partial charge in [-0.15, -0.1) is 0 Å². The van der Waals surface area contributed by atoms with Gasteiger partial charge < -0.3 is 9.32 Å². The molecule has 1 atom stereocenters. The van der Waals surface area contributed by atoms with Crippen LogP contribution in [0.2, 0.25) is 0 Å². The Bertz CT molecular complexity index is 833. The van der Waals surface area contributed by atoms with Crippen molar-refractivity contribution in [2.24, 2.45) is 0 Å². The molecule has 0 amide bonds. The molecule has 2 aromatic carbocycles. The molecule has 0 radical (unpaired) electrons. The predicted octanol–water partition coefficient (Wildman–Crippen LogP) is 3.57. The molecule has 1 unspecified atom stereocenters. The third-order valence-corrected chi connectivity index (χ3v) is 3.90. The number of fused-ring (bicyclic) bond motifs is 3. The Morgan fingerprint density at radius 3 is 2.40 bits per heavy atom. The van der Waals surface area contributed by atoms with Gasteiger partial charge in [0.2, 0.25) is 0 Å². The molecule has 0 spiro atoms. The Hall–Kier alpha value is -2.13. The fourth-order valence-electron chi connectivity index (χ4n) is 2.58. The van der Waals surface area contributed by atoms with Crippen molar-refractivity contribution < 1.29 is 4.42 Å². The third-order valence-electron chi connectivity index (χ3n) is 3.90. The fraction of sp³-hybridized carbons (Fsp3) is 0.235. The second-order valence-corrected chi connectivity index (χ2v) is 5.30. The van der Waals surface area contributed by atoms with E-state index in [2.05, 4.69) is 17.9 Å². The van der Waals surface area contributed by atoms with E-state index >= 15 is 0 Å². The maximum absolute atomic E-state index is 12.0. The molecule has 0 N–H and O–H groups in total. The smallest absolute Gasteiger partial charge is 0.344 e.